The maximum absolute atomic E-state index is 12.0. The van der Waals surface area contributed by atoms with E-state index in [4.69, 9.17) is 10.8 Å². The van der Waals surface area contributed by atoms with Crippen LogP contribution in [0.4, 0.5) is 11.5 Å². The van der Waals surface area contributed by atoms with Crippen LogP contribution in [0.15, 0.2) is 59.6 Å². The quantitative estimate of drug-likeness (QED) is 0.415. The highest BCUT2D eigenvalue weighted by atomic mass is 32.2. The van der Waals surface area contributed by atoms with Gasteiger partial charge in [0.05, 0.1) is 6.42 Å². The summed E-state index contributed by atoms with van der Waals surface area (Å²) in [4.78, 5) is 31.8. The minimum Gasteiger partial charge on any atom is -0.481 e. The molecule has 1 heterocycles. The van der Waals surface area contributed by atoms with Gasteiger partial charge in [-0.1, -0.05) is 42.5 Å². The molecule has 0 spiro atoms. The van der Waals surface area contributed by atoms with Crippen LogP contribution in [0.1, 0.15) is 15.9 Å². The molecule has 0 bridgehead atoms. The largest absolute Gasteiger partial charge is 0.481 e. The first kappa shape index (κ1) is 19.4. The molecule has 0 atom stereocenters. The average molecular weight is 394 g/mol. The smallest absolute Gasteiger partial charge is 0.307 e. The van der Waals surface area contributed by atoms with Crippen LogP contribution in [0.2, 0.25) is 0 Å². The highest BCUT2D eigenvalue weighted by molar-refractivity contribution is 7.98. The van der Waals surface area contributed by atoms with E-state index in [2.05, 4.69) is 15.3 Å². The molecule has 3 rings (SSSR count). The zero-order valence-electron chi connectivity index (χ0n) is 15.0. The van der Waals surface area contributed by atoms with E-state index in [0.717, 1.165) is 5.56 Å². The van der Waals surface area contributed by atoms with Gasteiger partial charge in [-0.15, -0.1) is 11.8 Å². The van der Waals surface area contributed by atoms with Crippen molar-refractivity contribution >= 4 is 35.1 Å². The van der Waals surface area contributed by atoms with Crippen LogP contribution in [0, 0.1) is 0 Å². The summed E-state index contributed by atoms with van der Waals surface area (Å²) in [6, 6.07) is 16.3. The van der Waals surface area contributed by atoms with Crippen molar-refractivity contribution in [1.29, 1.82) is 0 Å². The minimum atomic E-state index is -0.898. The number of nitrogens with one attached hydrogen (secondary N) is 1. The van der Waals surface area contributed by atoms with Crippen molar-refractivity contribution in [2.45, 2.75) is 11.4 Å². The Morgan fingerprint density at radius 1 is 1.07 bits per heavy atom. The number of carbonyl (C=O) groups is 2. The van der Waals surface area contributed by atoms with Crippen molar-refractivity contribution in [2.75, 3.05) is 11.6 Å². The molecule has 0 saturated carbocycles. The van der Waals surface area contributed by atoms with Crippen molar-refractivity contribution in [2.24, 2.45) is 5.73 Å². The lowest BCUT2D eigenvalue weighted by Crippen LogP contribution is -2.17. The number of anilines is 2. The number of carboxylic acid groups (broad SMARTS) is 1. The Kier molecular flexibility index (Phi) is 5.90. The van der Waals surface area contributed by atoms with E-state index in [1.54, 1.807) is 24.3 Å². The summed E-state index contributed by atoms with van der Waals surface area (Å²) >= 11 is 1.31. The number of nitrogens with zero attached hydrogens (tertiary/aromatic N) is 2. The molecular weight excluding hydrogens is 376 g/mol. The van der Waals surface area contributed by atoms with Crippen molar-refractivity contribution in [1.82, 2.24) is 9.97 Å². The number of thioether (sulfide) groups is 1. The SMILES string of the molecule is CSc1nc(-c2ccccc2)nc(Nc2ccc(CC(=O)O)cc2)c1C(N)=O. The van der Waals surface area contributed by atoms with Gasteiger partial charge in [0, 0.05) is 11.3 Å². The maximum Gasteiger partial charge on any atom is 0.307 e. The van der Waals surface area contributed by atoms with Gasteiger partial charge in [0.15, 0.2) is 5.82 Å². The van der Waals surface area contributed by atoms with Crippen LogP contribution < -0.4 is 11.1 Å². The van der Waals surface area contributed by atoms with Gasteiger partial charge in [-0.25, -0.2) is 9.97 Å². The molecule has 0 aliphatic heterocycles. The topological polar surface area (TPSA) is 118 Å². The fourth-order valence-electron chi connectivity index (χ4n) is 2.63. The Morgan fingerprint density at radius 2 is 1.75 bits per heavy atom. The van der Waals surface area contributed by atoms with Crippen LogP contribution in [0.5, 0.6) is 0 Å². The average Bonchev–Trinajstić information content (AvgIpc) is 2.69. The standard InChI is InChI=1S/C20H18N4O3S/c1-28-20-16(17(21)27)19(23-18(24-20)13-5-3-2-4-6-13)22-14-9-7-12(8-10-14)11-15(25)26/h2-10H,11H2,1H3,(H2,21,27)(H,25,26)(H,22,23,24). The molecule has 2 aromatic carbocycles. The molecule has 1 amide bonds. The molecule has 4 N–H and O–H groups in total. The van der Waals surface area contributed by atoms with Gasteiger partial charge >= 0.3 is 5.97 Å². The van der Waals surface area contributed by atoms with Gasteiger partial charge in [0.1, 0.15) is 16.4 Å². The van der Waals surface area contributed by atoms with Crippen LogP contribution in [-0.2, 0) is 11.2 Å². The van der Waals surface area contributed by atoms with E-state index in [1.807, 2.05) is 36.6 Å². The van der Waals surface area contributed by atoms with Gasteiger partial charge in [-0.05, 0) is 24.0 Å². The van der Waals surface area contributed by atoms with E-state index < -0.39 is 11.9 Å². The Bertz CT molecular complexity index is 1010. The lowest BCUT2D eigenvalue weighted by atomic mass is 10.1. The van der Waals surface area contributed by atoms with Crippen molar-refractivity contribution in [3.63, 3.8) is 0 Å². The lowest BCUT2D eigenvalue weighted by molar-refractivity contribution is -0.136. The fourth-order valence-corrected chi connectivity index (χ4v) is 3.21. The number of hydrogen-bond donors (Lipinski definition) is 3. The van der Waals surface area contributed by atoms with E-state index in [0.29, 0.717) is 27.9 Å². The monoisotopic (exact) mass is 394 g/mol. The summed E-state index contributed by atoms with van der Waals surface area (Å²) < 4.78 is 0. The molecule has 1 aromatic heterocycles. The first-order valence-electron chi connectivity index (χ1n) is 8.37. The zero-order chi connectivity index (χ0) is 20.1. The highest BCUT2D eigenvalue weighted by Crippen LogP contribution is 2.29. The van der Waals surface area contributed by atoms with Gasteiger partial charge in [0.2, 0.25) is 0 Å². The number of aliphatic carboxylic acids is 1. The van der Waals surface area contributed by atoms with E-state index in [1.165, 1.54) is 11.8 Å². The molecule has 28 heavy (non-hydrogen) atoms. The van der Waals surface area contributed by atoms with E-state index >= 15 is 0 Å². The van der Waals surface area contributed by atoms with E-state index in [-0.39, 0.29) is 12.0 Å². The summed E-state index contributed by atoms with van der Waals surface area (Å²) in [5.74, 6) is -0.754. The normalized spacial score (nSPS) is 10.5. The number of nitrogens with two attached hydrogens (primary N) is 1. The third kappa shape index (κ3) is 4.47. The first-order chi connectivity index (χ1) is 13.5. The fraction of sp³-hybridized carbons (Fsp3) is 0.100. The molecule has 3 aromatic rings. The Morgan fingerprint density at radius 3 is 2.32 bits per heavy atom. The number of amides is 1. The molecule has 8 heteroatoms. The third-order valence-corrected chi connectivity index (χ3v) is 4.60. The minimum absolute atomic E-state index is 0.0604. The number of rotatable bonds is 7. The van der Waals surface area contributed by atoms with Crippen molar-refractivity contribution < 1.29 is 14.7 Å². The van der Waals surface area contributed by atoms with Crippen LogP contribution in [-0.4, -0.2) is 33.2 Å². The lowest BCUT2D eigenvalue weighted by Gasteiger charge is -2.14. The summed E-state index contributed by atoms with van der Waals surface area (Å²) in [5.41, 5.74) is 7.92. The number of aromatic nitrogens is 2. The maximum atomic E-state index is 12.0. The molecule has 0 radical (unpaired) electrons. The number of hydrogen-bond acceptors (Lipinski definition) is 6. The summed E-state index contributed by atoms with van der Waals surface area (Å²) in [5, 5.41) is 12.5. The number of benzene rings is 2. The molecule has 0 fully saturated rings. The molecule has 142 valence electrons. The molecule has 0 aliphatic rings. The second kappa shape index (κ2) is 8.53. The Balaban J connectivity index is 2.02. The van der Waals surface area contributed by atoms with E-state index in [9.17, 15) is 9.59 Å². The molecule has 7 nitrogen and oxygen atoms in total. The van der Waals surface area contributed by atoms with Gasteiger partial charge < -0.3 is 16.2 Å². The van der Waals surface area contributed by atoms with Gasteiger partial charge in [-0.3, -0.25) is 9.59 Å². The second-order valence-electron chi connectivity index (χ2n) is 5.90. The summed E-state index contributed by atoms with van der Waals surface area (Å²) in [6.07, 6.45) is 1.75. The van der Waals surface area contributed by atoms with Gasteiger partial charge in [0.25, 0.3) is 5.91 Å². The molecule has 0 saturated heterocycles. The number of primary amides is 1. The van der Waals surface area contributed by atoms with Crippen molar-refractivity contribution in [3.8, 4) is 11.4 Å². The van der Waals surface area contributed by atoms with Crippen LogP contribution in [0.3, 0.4) is 0 Å². The van der Waals surface area contributed by atoms with Crippen LogP contribution in [0.25, 0.3) is 11.4 Å². The second-order valence-corrected chi connectivity index (χ2v) is 6.70. The number of carbonyl (C=O) groups excluding carboxylic acids is 1. The highest BCUT2D eigenvalue weighted by Gasteiger charge is 2.19. The Labute approximate surface area is 166 Å². The summed E-state index contributed by atoms with van der Waals surface area (Å²) in [6.45, 7) is 0. The first-order valence-corrected chi connectivity index (χ1v) is 9.59. The predicted molar refractivity (Wildman–Crippen MR) is 109 cm³/mol. The predicted octanol–water partition coefficient (Wildman–Crippen LogP) is 3.34. The Hall–Kier alpha value is -3.39. The van der Waals surface area contributed by atoms with Crippen molar-refractivity contribution in [3.05, 3.63) is 65.7 Å². The van der Waals surface area contributed by atoms with Crippen LogP contribution >= 0.6 is 11.8 Å². The molecule has 0 aliphatic carbocycles. The summed E-state index contributed by atoms with van der Waals surface area (Å²) in [7, 11) is 0. The number of carboxylic acids is 1. The van der Waals surface area contributed by atoms with Gasteiger partial charge in [-0.2, -0.15) is 0 Å². The molecular formula is C20H18N4O3S. The molecule has 0 unspecified atom stereocenters. The third-order valence-electron chi connectivity index (χ3n) is 3.92. The zero-order valence-corrected chi connectivity index (χ0v) is 15.9.